The Labute approximate surface area is 91.8 Å². The van der Waals surface area contributed by atoms with Crippen molar-refractivity contribution >= 4 is 29.2 Å². The highest BCUT2D eigenvalue weighted by atomic mass is 35.5. The minimum Gasteiger partial charge on any atom is -0.370 e. The molecular weight excluding hydrogens is 225 g/mol. The summed E-state index contributed by atoms with van der Waals surface area (Å²) in [6.45, 7) is 3.17. The molecule has 1 aromatic rings. The van der Waals surface area contributed by atoms with E-state index in [4.69, 9.17) is 27.9 Å². The number of nitrogens with one attached hydrogen (secondary N) is 1. The zero-order valence-electron chi connectivity index (χ0n) is 7.46. The summed E-state index contributed by atoms with van der Waals surface area (Å²) in [6.07, 6.45) is 0. The Morgan fingerprint density at radius 2 is 1.71 bits per heavy atom. The first-order chi connectivity index (χ1) is 6.75. The molecule has 76 valence electrons. The maximum absolute atomic E-state index is 5.79. The summed E-state index contributed by atoms with van der Waals surface area (Å²) in [5.41, 5.74) is 0. The molecule has 2 rings (SSSR count). The minimum atomic E-state index is 0.388. The number of hydrogen-bond donors (Lipinski definition) is 1. The highest BCUT2D eigenvalue weighted by Crippen LogP contribution is 2.12. The molecule has 1 aromatic heterocycles. The van der Waals surface area contributed by atoms with Crippen LogP contribution in [0.5, 0.6) is 0 Å². The zero-order valence-corrected chi connectivity index (χ0v) is 8.98. The Morgan fingerprint density at radius 1 is 1.14 bits per heavy atom. The molecule has 0 saturated carbocycles. The molecule has 0 unspecified atom stereocenters. The number of hydrogen-bond acceptors (Lipinski definition) is 3. The molecule has 1 saturated heterocycles. The molecule has 1 N–H and O–H groups in total. The molecule has 1 aliphatic heterocycles. The van der Waals surface area contributed by atoms with Crippen molar-refractivity contribution < 1.29 is 9.64 Å². The van der Waals surface area contributed by atoms with Gasteiger partial charge in [0.2, 0.25) is 0 Å². The van der Waals surface area contributed by atoms with Crippen molar-refractivity contribution in [3.8, 4) is 0 Å². The summed E-state index contributed by atoms with van der Waals surface area (Å²) in [6, 6.07) is 1.53. The lowest BCUT2D eigenvalue weighted by Crippen LogP contribution is -3.10. The lowest BCUT2D eigenvalue weighted by Gasteiger charge is -2.21. The van der Waals surface area contributed by atoms with Gasteiger partial charge in [-0.05, 0) is 0 Å². The Morgan fingerprint density at radius 3 is 2.29 bits per heavy atom. The highest BCUT2D eigenvalue weighted by molar-refractivity contribution is 6.33. The molecule has 6 heteroatoms. The predicted molar refractivity (Wildman–Crippen MR) is 53.2 cm³/mol. The van der Waals surface area contributed by atoms with Crippen LogP contribution in [0.2, 0.25) is 10.3 Å². The van der Waals surface area contributed by atoms with Crippen LogP contribution in [0.3, 0.4) is 0 Å². The van der Waals surface area contributed by atoms with Crippen LogP contribution in [0.4, 0.5) is 5.95 Å². The van der Waals surface area contributed by atoms with Gasteiger partial charge in [-0.3, -0.25) is 4.90 Å². The topological polar surface area (TPSA) is 39.5 Å². The molecule has 0 amide bonds. The second-order valence-electron chi connectivity index (χ2n) is 3.05. The third-order valence-electron chi connectivity index (χ3n) is 2.08. The van der Waals surface area contributed by atoms with E-state index in [-0.39, 0.29) is 0 Å². The van der Waals surface area contributed by atoms with E-state index in [0.29, 0.717) is 16.3 Å². The van der Waals surface area contributed by atoms with Crippen LogP contribution >= 0.6 is 23.2 Å². The van der Waals surface area contributed by atoms with Gasteiger partial charge in [0, 0.05) is 6.07 Å². The van der Waals surface area contributed by atoms with E-state index >= 15 is 0 Å². The highest BCUT2D eigenvalue weighted by Gasteiger charge is 2.20. The van der Waals surface area contributed by atoms with Gasteiger partial charge in [0.25, 0.3) is 0 Å². The van der Waals surface area contributed by atoms with Gasteiger partial charge in [-0.2, -0.15) is 9.97 Å². The van der Waals surface area contributed by atoms with Gasteiger partial charge in [0.1, 0.15) is 23.4 Å². The van der Waals surface area contributed by atoms with Crippen LogP contribution in [-0.2, 0) is 4.74 Å². The van der Waals surface area contributed by atoms with Gasteiger partial charge in [-0.15, -0.1) is 0 Å². The van der Waals surface area contributed by atoms with Crippen molar-refractivity contribution in [3.63, 3.8) is 0 Å². The fourth-order valence-corrected chi connectivity index (χ4v) is 1.81. The average Bonchev–Trinajstić information content (AvgIpc) is 2.18. The van der Waals surface area contributed by atoms with Crippen molar-refractivity contribution in [2.75, 3.05) is 26.3 Å². The number of nitrogens with zero attached hydrogens (tertiary/aromatic N) is 2. The third kappa shape index (κ3) is 2.33. The fraction of sp³-hybridized carbons (Fsp3) is 0.500. The summed E-state index contributed by atoms with van der Waals surface area (Å²) in [7, 11) is 0. The standard InChI is InChI=1S/C8H9Cl2N3O/c9-6-5-7(10)12-8(11-6)13-1-3-14-4-2-13/h5H,1-4H2/p+1. The SMILES string of the molecule is Clc1cc(Cl)nc([NH+]2CCOCC2)n1. The molecule has 0 bridgehead atoms. The van der Waals surface area contributed by atoms with Crippen molar-refractivity contribution in [2.24, 2.45) is 0 Å². The van der Waals surface area contributed by atoms with E-state index in [2.05, 4.69) is 9.97 Å². The van der Waals surface area contributed by atoms with E-state index < -0.39 is 0 Å². The maximum atomic E-state index is 5.79. The molecule has 4 nitrogen and oxygen atoms in total. The number of ether oxygens (including phenoxy) is 1. The lowest BCUT2D eigenvalue weighted by atomic mass is 10.4. The van der Waals surface area contributed by atoms with Gasteiger partial charge < -0.3 is 4.74 Å². The van der Waals surface area contributed by atoms with Gasteiger partial charge in [0.05, 0.1) is 13.2 Å². The normalized spacial score (nSPS) is 18.4. The first-order valence-electron chi connectivity index (χ1n) is 4.38. The summed E-state index contributed by atoms with van der Waals surface area (Å²) >= 11 is 11.6. The number of aromatic nitrogens is 2. The number of morpholine rings is 1. The maximum Gasteiger partial charge on any atom is 0.330 e. The molecule has 1 fully saturated rings. The second-order valence-corrected chi connectivity index (χ2v) is 3.83. The van der Waals surface area contributed by atoms with Crippen molar-refractivity contribution in [2.45, 2.75) is 0 Å². The molecular formula is C8H10Cl2N3O+. The second kappa shape index (κ2) is 4.40. The van der Waals surface area contributed by atoms with Gasteiger partial charge in [0.15, 0.2) is 0 Å². The van der Waals surface area contributed by atoms with E-state index in [9.17, 15) is 0 Å². The molecule has 14 heavy (non-hydrogen) atoms. The monoisotopic (exact) mass is 234 g/mol. The Hall–Kier alpha value is -0.420. The molecule has 0 spiro atoms. The number of rotatable bonds is 1. The molecule has 0 aromatic carbocycles. The molecule has 2 heterocycles. The van der Waals surface area contributed by atoms with Crippen LogP contribution < -0.4 is 4.90 Å². The largest absolute Gasteiger partial charge is 0.370 e. The predicted octanol–water partition coefficient (Wildman–Crippen LogP) is 0.330. The number of quaternary nitrogens is 1. The average molecular weight is 235 g/mol. The summed E-state index contributed by atoms with van der Waals surface area (Å²) in [5, 5.41) is 0.776. The minimum absolute atomic E-state index is 0.388. The van der Waals surface area contributed by atoms with Crippen molar-refractivity contribution in [1.29, 1.82) is 0 Å². The van der Waals surface area contributed by atoms with E-state index in [1.807, 2.05) is 0 Å². The van der Waals surface area contributed by atoms with Gasteiger partial charge >= 0.3 is 5.95 Å². The van der Waals surface area contributed by atoms with Gasteiger partial charge in [-0.25, -0.2) is 0 Å². The quantitative estimate of drug-likeness (QED) is 0.713. The smallest absolute Gasteiger partial charge is 0.330 e. The lowest BCUT2D eigenvalue weighted by molar-refractivity contribution is -0.847. The van der Waals surface area contributed by atoms with E-state index in [0.717, 1.165) is 26.3 Å². The van der Waals surface area contributed by atoms with Gasteiger partial charge in [-0.1, -0.05) is 23.2 Å². The van der Waals surface area contributed by atoms with Crippen molar-refractivity contribution in [1.82, 2.24) is 9.97 Å². The van der Waals surface area contributed by atoms with E-state index in [1.165, 1.54) is 11.0 Å². The van der Waals surface area contributed by atoms with E-state index in [1.54, 1.807) is 0 Å². The fourth-order valence-electron chi connectivity index (χ4n) is 1.39. The summed E-state index contributed by atoms with van der Waals surface area (Å²) < 4.78 is 5.24. The van der Waals surface area contributed by atoms with Crippen LogP contribution in [0.25, 0.3) is 0 Å². The Bertz CT molecular complexity index is 308. The molecule has 0 aliphatic carbocycles. The van der Waals surface area contributed by atoms with Crippen LogP contribution in [0.15, 0.2) is 6.07 Å². The van der Waals surface area contributed by atoms with Crippen LogP contribution in [0, 0.1) is 0 Å². The van der Waals surface area contributed by atoms with Crippen molar-refractivity contribution in [3.05, 3.63) is 16.4 Å². The van der Waals surface area contributed by atoms with Crippen LogP contribution in [0.1, 0.15) is 0 Å². The number of halogens is 2. The Kier molecular flexibility index (Phi) is 3.18. The Balaban J connectivity index is 2.21. The summed E-state index contributed by atoms with van der Waals surface area (Å²) in [4.78, 5) is 9.44. The molecule has 0 atom stereocenters. The molecule has 0 radical (unpaired) electrons. The first kappa shape index (κ1) is 10.1. The zero-order chi connectivity index (χ0) is 9.97. The molecule has 1 aliphatic rings. The first-order valence-corrected chi connectivity index (χ1v) is 5.14. The summed E-state index contributed by atoms with van der Waals surface area (Å²) in [5.74, 6) is 0.658. The van der Waals surface area contributed by atoms with Crippen LogP contribution in [-0.4, -0.2) is 36.3 Å². The third-order valence-corrected chi connectivity index (χ3v) is 2.46.